The third-order valence-corrected chi connectivity index (χ3v) is 4.59. The third-order valence-electron chi connectivity index (χ3n) is 4.59. The van der Waals surface area contributed by atoms with Crippen molar-refractivity contribution in [2.45, 2.75) is 39.3 Å². The highest BCUT2D eigenvalue weighted by atomic mass is 16.1. The maximum absolute atomic E-state index is 12.2. The molecule has 1 N–H and O–H groups in total. The molecule has 1 amide bonds. The summed E-state index contributed by atoms with van der Waals surface area (Å²) in [6.07, 6.45) is 5.10. The number of hydrogen-bond donors (Lipinski definition) is 1. The number of amides is 1. The molecule has 0 unspecified atom stereocenters. The number of piperidine rings is 1. The SMILES string of the molecule is Cc1cnc(C(=O)NC2CCN(Cc3ccccc3C)CC2)cn1. The van der Waals surface area contributed by atoms with E-state index in [0.717, 1.165) is 38.2 Å². The van der Waals surface area contributed by atoms with Gasteiger partial charge < -0.3 is 5.32 Å². The molecule has 0 radical (unpaired) electrons. The Bertz CT molecular complexity index is 691. The molecule has 126 valence electrons. The minimum Gasteiger partial charge on any atom is -0.348 e. The van der Waals surface area contributed by atoms with Gasteiger partial charge in [0.2, 0.25) is 0 Å². The fourth-order valence-corrected chi connectivity index (χ4v) is 3.03. The van der Waals surface area contributed by atoms with Crippen LogP contribution >= 0.6 is 0 Å². The van der Waals surface area contributed by atoms with E-state index >= 15 is 0 Å². The van der Waals surface area contributed by atoms with Crippen LogP contribution in [0.25, 0.3) is 0 Å². The predicted molar refractivity (Wildman–Crippen MR) is 93.7 cm³/mol. The molecule has 0 spiro atoms. The normalized spacial score (nSPS) is 16.1. The van der Waals surface area contributed by atoms with Crippen LogP contribution in [0.3, 0.4) is 0 Å². The van der Waals surface area contributed by atoms with Crippen molar-refractivity contribution in [3.05, 3.63) is 59.2 Å². The first-order valence-corrected chi connectivity index (χ1v) is 8.48. The first-order valence-electron chi connectivity index (χ1n) is 8.48. The van der Waals surface area contributed by atoms with Crippen LogP contribution in [-0.2, 0) is 6.54 Å². The largest absolute Gasteiger partial charge is 0.348 e. The third kappa shape index (κ3) is 4.17. The quantitative estimate of drug-likeness (QED) is 0.939. The molecule has 1 fully saturated rings. The molecular formula is C19H24N4O. The van der Waals surface area contributed by atoms with Crippen molar-refractivity contribution in [1.82, 2.24) is 20.2 Å². The maximum atomic E-state index is 12.2. The molecule has 2 heterocycles. The van der Waals surface area contributed by atoms with E-state index in [1.807, 2.05) is 6.92 Å². The van der Waals surface area contributed by atoms with E-state index in [0.29, 0.717) is 5.69 Å². The average Bonchev–Trinajstić information content (AvgIpc) is 2.59. The zero-order valence-corrected chi connectivity index (χ0v) is 14.3. The van der Waals surface area contributed by atoms with Gasteiger partial charge >= 0.3 is 0 Å². The number of carbonyl (C=O) groups is 1. The Morgan fingerprint density at radius 3 is 2.58 bits per heavy atom. The molecule has 5 nitrogen and oxygen atoms in total. The molecule has 1 aromatic carbocycles. The van der Waals surface area contributed by atoms with Crippen LogP contribution in [0.4, 0.5) is 0 Å². The Kier molecular flexibility index (Phi) is 5.20. The molecule has 0 aliphatic carbocycles. The fourth-order valence-electron chi connectivity index (χ4n) is 3.03. The molecule has 0 atom stereocenters. The van der Waals surface area contributed by atoms with Gasteiger partial charge in [0.25, 0.3) is 5.91 Å². The van der Waals surface area contributed by atoms with Crippen LogP contribution in [0.15, 0.2) is 36.7 Å². The summed E-state index contributed by atoms with van der Waals surface area (Å²) in [6.45, 7) is 7.00. The van der Waals surface area contributed by atoms with Crippen LogP contribution in [0.1, 0.15) is 40.2 Å². The highest BCUT2D eigenvalue weighted by Gasteiger charge is 2.22. The van der Waals surface area contributed by atoms with Gasteiger partial charge in [0.15, 0.2) is 0 Å². The van der Waals surface area contributed by atoms with Crippen LogP contribution in [0.2, 0.25) is 0 Å². The van der Waals surface area contributed by atoms with Crippen molar-refractivity contribution < 1.29 is 4.79 Å². The van der Waals surface area contributed by atoms with E-state index in [1.54, 1.807) is 6.20 Å². The summed E-state index contributed by atoms with van der Waals surface area (Å²) in [4.78, 5) is 22.9. The number of aryl methyl sites for hydroxylation is 2. The minimum absolute atomic E-state index is 0.125. The Morgan fingerprint density at radius 2 is 1.92 bits per heavy atom. The molecule has 24 heavy (non-hydrogen) atoms. The smallest absolute Gasteiger partial charge is 0.271 e. The number of nitrogens with one attached hydrogen (secondary N) is 1. The lowest BCUT2D eigenvalue weighted by molar-refractivity contribution is 0.0903. The van der Waals surface area contributed by atoms with Gasteiger partial charge in [0.1, 0.15) is 5.69 Å². The van der Waals surface area contributed by atoms with Gasteiger partial charge in [-0.05, 0) is 37.8 Å². The molecule has 2 aromatic rings. The van der Waals surface area contributed by atoms with E-state index < -0.39 is 0 Å². The summed E-state index contributed by atoms with van der Waals surface area (Å²) in [7, 11) is 0. The molecule has 1 aliphatic rings. The van der Waals surface area contributed by atoms with Gasteiger partial charge in [0.05, 0.1) is 11.9 Å². The molecule has 0 bridgehead atoms. The highest BCUT2D eigenvalue weighted by molar-refractivity contribution is 5.92. The summed E-state index contributed by atoms with van der Waals surface area (Å²) in [5.41, 5.74) is 3.93. The van der Waals surface area contributed by atoms with Crippen LogP contribution in [0, 0.1) is 13.8 Å². The summed E-state index contributed by atoms with van der Waals surface area (Å²) in [6, 6.07) is 8.74. The Balaban J connectivity index is 1.49. The number of carbonyl (C=O) groups excluding carboxylic acids is 1. The predicted octanol–water partition coefficient (Wildman–Crippen LogP) is 2.49. The lowest BCUT2D eigenvalue weighted by atomic mass is 10.0. The van der Waals surface area contributed by atoms with E-state index in [9.17, 15) is 4.79 Å². The molecule has 1 saturated heterocycles. The first-order chi connectivity index (χ1) is 11.6. The molecule has 1 aliphatic heterocycles. The van der Waals surface area contributed by atoms with Crippen LogP contribution < -0.4 is 5.32 Å². The Labute approximate surface area is 143 Å². The van der Waals surface area contributed by atoms with Gasteiger partial charge in [-0.25, -0.2) is 4.98 Å². The number of hydrogen-bond acceptors (Lipinski definition) is 4. The molecule has 0 saturated carbocycles. The lowest BCUT2D eigenvalue weighted by Crippen LogP contribution is -2.44. The second kappa shape index (κ2) is 7.53. The maximum Gasteiger partial charge on any atom is 0.271 e. The zero-order chi connectivity index (χ0) is 16.9. The van der Waals surface area contributed by atoms with Crippen molar-refractivity contribution in [2.75, 3.05) is 13.1 Å². The number of rotatable bonds is 4. The Morgan fingerprint density at radius 1 is 1.17 bits per heavy atom. The van der Waals surface area contributed by atoms with E-state index in [4.69, 9.17) is 0 Å². The number of aromatic nitrogens is 2. The topological polar surface area (TPSA) is 58.1 Å². The van der Waals surface area contributed by atoms with Crippen molar-refractivity contribution >= 4 is 5.91 Å². The van der Waals surface area contributed by atoms with Crippen molar-refractivity contribution in [2.24, 2.45) is 0 Å². The van der Waals surface area contributed by atoms with Crippen LogP contribution in [0.5, 0.6) is 0 Å². The fraction of sp³-hybridized carbons (Fsp3) is 0.421. The standard InChI is InChI=1S/C19H24N4O/c1-14-5-3-4-6-16(14)13-23-9-7-17(8-10-23)22-19(24)18-12-20-15(2)11-21-18/h3-6,11-12,17H,7-10,13H2,1-2H3,(H,22,24). The monoisotopic (exact) mass is 324 g/mol. The van der Waals surface area contributed by atoms with E-state index in [-0.39, 0.29) is 11.9 Å². The number of nitrogens with zero attached hydrogens (tertiary/aromatic N) is 3. The number of benzene rings is 1. The molecule has 1 aromatic heterocycles. The lowest BCUT2D eigenvalue weighted by Gasteiger charge is -2.32. The zero-order valence-electron chi connectivity index (χ0n) is 14.3. The van der Waals surface area contributed by atoms with Gasteiger partial charge in [-0.2, -0.15) is 0 Å². The summed E-state index contributed by atoms with van der Waals surface area (Å²) >= 11 is 0. The van der Waals surface area contributed by atoms with Gasteiger partial charge in [-0.15, -0.1) is 0 Å². The Hall–Kier alpha value is -2.27. The molecule has 5 heteroatoms. The van der Waals surface area contributed by atoms with E-state index in [2.05, 4.69) is 51.4 Å². The highest BCUT2D eigenvalue weighted by Crippen LogP contribution is 2.16. The van der Waals surface area contributed by atoms with Crippen molar-refractivity contribution in [1.29, 1.82) is 0 Å². The van der Waals surface area contributed by atoms with Crippen molar-refractivity contribution in [3.8, 4) is 0 Å². The van der Waals surface area contributed by atoms with Gasteiger partial charge in [-0.3, -0.25) is 14.7 Å². The second-order valence-corrected chi connectivity index (χ2v) is 6.49. The van der Waals surface area contributed by atoms with Crippen LogP contribution in [-0.4, -0.2) is 39.9 Å². The van der Waals surface area contributed by atoms with Gasteiger partial charge in [-0.1, -0.05) is 24.3 Å². The molecular weight excluding hydrogens is 300 g/mol. The average molecular weight is 324 g/mol. The first kappa shape index (κ1) is 16.6. The van der Waals surface area contributed by atoms with Crippen molar-refractivity contribution in [3.63, 3.8) is 0 Å². The van der Waals surface area contributed by atoms with E-state index in [1.165, 1.54) is 17.3 Å². The summed E-state index contributed by atoms with van der Waals surface area (Å²) in [5.74, 6) is -0.125. The molecule has 3 rings (SSSR count). The second-order valence-electron chi connectivity index (χ2n) is 6.49. The minimum atomic E-state index is -0.125. The summed E-state index contributed by atoms with van der Waals surface area (Å²) < 4.78 is 0. The number of likely N-dealkylation sites (tertiary alicyclic amines) is 1. The summed E-state index contributed by atoms with van der Waals surface area (Å²) in [5, 5.41) is 3.08. The van der Waals surface area contributed by atoms with Gasteiger partial charge in [0, 0.05) is 31.9 Å².